The van der Waals surface area contributed by atoms with Gasteiger partial charge in [-0.25, -0.2) is 0 Å². The molecule has 1 nitrogen and oxygen atoms in total. The third-order valence-electron chi connectivity index (χ3n) is 4.00. The molecule has 2 rings (SSSR count). The summed E-state index contributed by atoms with van der Waals surface area (Å²) >= 11 is 0. The van der Waals surface area contributed by atoms with E-state index in [4.69, 9.17) is 5.11 Å². The van der Waals surface area contributed by atoms with Gasteiger partial charge in [-0.15, -0.1) is 0 Å². The third kappa shape index (κ3) is 2.46. The van der Waals surface area contributed by atoms with E-state index in [1.807, 2.05) is 0 Å². The molecule has 13 heavy (non-hydrogen) atoms. The van der Waals surface area contributed by atoms with Crippen LogP contribution in [0, 0.1) is 23.7 Å². The molecule has 0 bridgehead atoms. The average molecular weight is 182 g/mol. The monoisotopic (exact) mass is 182 g/mol. The Morgan fingerprint density at radius 3 is 2.38 bits per heavy atom. The zero-order valence-corrected chi connectivity index (χ0v) is 8.71. The first-order valence-corrected chi connectivity index (χ1v) is 5.96. The van der Waals surface area contributed by atoms with E-state index in [9.17, 15) is 0 Å². The van der Waals surface area contributed by atoms with E-state index < -0.39 is 0 Å². The van der Waals surface area contributed by atoms with Crippen LogP contribution in [0.2, 0.25) is 0 Å². The predicted octanol–water partition coefficient (Wildman–Crippen LogP) is 2.83. The zero-order valence-electron chi connectivity index (χ0n) is 8.71. The fraction of sp³-hybridized carbons (Fsp3) is 1.00. The second kappa shape index (κ2) is 4.00. The lowest BCUT2D eigenvalue weighted by Crippen LogP contribution is -1.89. The molecule has 1 heteroatoms. The molecule has 0 aromatic rings. The fourth-order valence-electron chi connectivity index (χ4n) is 2.79. The van der Waals surface area contributed by atoms with Gasteiger partial charge in [-0.3, -0.25) is 0 Å². The van der Waals surface area contributed by atoms with Crippen LogP contribution in [-0.2, 0) is 0 Å². The standard InChI is InChI=1S/C12H22O/c1-2-9-6-11(9)8-12-7-10(12)4-3-5-13/h9-13H,2-8H2,1H3. The highest BCUT2D eigenvalue weighted by Gasteiger charge is 2.44. The number of rotatable bonds is 6. The van der Waals surface area contributed by atoms with Crippen LogP contribution in [0.4, 0.5) is 0 Å². The molecule has 0 radical (unpaired) electrons. The Morgan fingerprint density at radius 1 is 1.08 bits per heavy atom. The predicted molar refractivity (Wildman–Crippen MR) is 54.4 cm³/mol. The van der Waals surface area contributed by atoms with Gasteiger partial charge in [-0.2, -0.15) is 0 Å². The minimum atomic E-state index is 0.393. The van der Waals surface area contributed by atoms with E-state index in [0.717, 1.165) is 30.1 Å². The molecule has 2 aliphatic rings. The summed E-state index contributed by atoms with van der Waals surface area (Å²) < 4.78 is 0. The summed E-state index contributed by atoms with van der Waals surface area (Å²) in [6.45, 7) is 2.71. The van der Waals surface area contributed by atoms with E-state index in [-0.39, 0.29) is 0 Å². The maximum atomic E-state index is 8.70. The Labute approximate surface area is 81.5 Å². The molecular weight excluding hydrogens is 160 g/mol. The molecule has 0 heterocycles. The summed E-state index contributed by atoms with van der Waals surface area (Å²) in [7, 11) is 0. The van der Waals surface area contributed by atoms with Crippen LogP contribution in [0.1, 0.15) is 45.4 Å². The van der Waals surface area contributed by atoms with Crippen molar-refractivity contribution in [3.63, 3.8) is 0 Å². The Bertz CT molecular complexity index is 167. The highest BCUT2D eigenvalue weighted by Crippen LogP contribution is 2.53. The molecule has 2 aliphatic carbocycles. The van der Waals surface area contributed by atoms with Crippen molar-refractivity contribution in [3.05, 3.63) is 0 Å². The lowest BCUT2D eigenvalue weighted by molar-refractivity contribution is 0.279. The van der Waals surface area contributed by atoms with Gasteiger partial charge in [0.1, 0.15) is 0 Å². The molecule has 2 saturated carbocycles. The summed E-state index contributed by atoms with van der Waals surface area (Å²) in [5.74, 6) is 4.21. The number of hydrogen-bond donors (Lipinski definition) is 1. The van der Waals surface area contributed by atoms with E-state index in [1.165, 1.54) is 32.1 Å². The van der Waals surface area contributed by atoms with Crippen molar-refractivity contribution >= 4 is 0 Å². The summed E-state index contributed by atoms with van der Waals surface area (Å²) in [6.07, 6.45) is 8.20. The van der Waals surface area contributed by atoms with Crippen LogP contribution >= 0.6 is 0 Å². The molecule has 0 aromatic carbocycles. The van der Waals surface area contributed by atoms with Gasteiger partial charge < -0.3 is 5.11 Å². The Balaban J connectivity index is 1.54. The van der Waals surface area contributed by atoms with Crippen molar-refractivity contribution in [2.24, 2.45) is 23.7 Å². The summed E-state index contributed by atoms with van der Waals surface area (Å²) in [6, 6.07) is 0. The maximum absolute atomic E-state index is 8.70. The molecule has 4 unspecified atom stereocenters. The third-order valence-corrected chi connectivity index (χ3v) is 4.00. The fourth-order valence-corrected chi connectivity index (χ4v) is 2.79. The number of aliphatic hydroxyl groups is 1. The second-order valence-electron chi connectivity index (χ2n) is 5.02. The minimum absolute atomic E-state index is 0.393. The first kappa shape index (κ1) is 9.51. The molecule has 4 atom stereocenters. The molecular formula is C12H22O. The van der Waals surface area contributed by atoms with Gasteiger partial charge in [0.2, 0.25) is 0 Å². The minimum Gasteiger partial charge on any atom is -0.396 e. The second-order valence-corrected chi connectivity index (χ2v) is 5.02. The first-order chi connectivity index (χ1) is 6.35. The van der Waals surface area contributed by atoms with Crippen LogP contribution in [0.25, 0.3) is 0 Å². The van der Waals surface area contributed by atoms with Gasteiger partial charge in [-0.1, -0.05) is 13.3 Å². The zero-order chi connectivity index (χ0) is 9.26. The Kier molecular flexibility index (Phi) is 2.92. The van der Waals surface area contributed by atoms with Gasteiger partial charge >= 0.3 is 0 Å². The van der Waals surface area contributed by atoms with Crippen molar-refractivity contribution in [2.45, 2.75) is 45.4 Å². The Hall–Kier alpha value is -0.0400. The van der Waals surface area contributed by atoms with E-state index in [1.54, 1.807) is 0 Å². The van der Waals surface area contributed by atoms with Gasteiger partial charge in [0, 0.05) is 6.61 Å². The quantitative estimate of drug-likeness (QED) is 0.669. The van der Waals surface area contributed by atoms with Crippen LogP contribution in [0.15, 0.2) is 0 Å². The lowest BCUT2D eigenvalue weighted by Gasteiger charge is -1.98. The number of aliphatic hydroxyl groups excluding tert-OH is 1. The molecule has 0 spiro atoms. The van der Waals surface area contributed by atoms with Crippen LogP contribution in [0.3, 0.4) is 0 Å². The average Bonchev–Trinajstić information content (AvgIpc) is 3.01. The molecule has 1 N–H and O–H groups in total. The van der Waals surface area contributed by atoms with E-state index >= 15 is 0 Å². The van der Waals surface area contributed by atoms with Crippen molar-refractivity contribution in [1.82, 2.24) is 0 Å². The van der Waals surface area contributed by atoms with Crippen molar-refractivity contribution in [3.8, 4) is 0 Å². The van der Waals surface area contributed by atoms with Gasteiger partial charge in [0.25, 0.3) is 0 Å². The molecule has 2 fully saturated rings. The highest BCUT2D eigenvalue weighted by atomic mass is 16.2. The molecule has 0 amide bonds. The van der Waals surface area contributed by atoms with Gasteiger partial charge in [0.15, 0.2) is 0 Å². The maximum Gasteiger partial charge on any atom is 0.0431 e. The van der Waals surface area contributed by atoms with Gasteiger partial charge in [0.05, 0.1) is 0 Å². The topological polar surface area (TPSA) is 20.2 Å². The normalized spacial score (nSPS) is 42.0. The lowest BCUT2D eigenvalue weighted by atomic mass is 10.1. The van der Waals surface area contributed by atoms with Crippen molar-refractivity contribution in [1.29, 1.82) is 0 Å². The first-order valence-electron chi connectivity index (χ1n) is 5.96. The smallest absolute Gasteiger partial charge is 0.0431 e. The highest BCUT2D eigenvalue weighted by molar-refractivity contribution is 4.94. The summed E-state index contributed by atoms with van der Waals surface area (Å²) in [5, 5.41) is 8.70. The van der Waals surface area contributed by atoms with E-state index in [2.05, 4.69) is 6.92 Å². The molecule has 76 valence electrons. The Morgan fingerprint density at radius 2 is 1.77 bits per heavy atom. The van der Waals surface area contributed by atoms with Crippen LogP contribution in [0.5, 0.6) is 0 Å². The molecule has 0 aliphatic heterocycles. The SMILES string of the molecule is CCC1CC1CC1CC1CCCO. The molecule has 0 saturated heterocycles. The molecule has 0 aromatic heterocycles. The van der Waals surface area contributed by atoms with Crippen molar-refractivity contribution in [2.75, 3.05) is 6.61 Å². The van der Waals surface area contributed by atoms with E-state index in [0.29, 0.717) is 6.61 Å². The van der Waals surface area contributed by atoms with Gasteiger partial charge in [-0.05, 0) is 55.8 Å². The van der Waals surface area contributed by atoms with Crippen molar-refractivity contribution < 1.29 is 5.11 Å². The van der Waals surface area contributed by atoms with Crippen LogP contribution in [-0.4, -0.2) is 11.7 Å². The summed E-state index contributed by atoms with van der Waals surface area (Å²) in [4.78, 5) is 0. The van der Waals surface area contributed by atoms with Crippen LogP contribution < -0.4 is 0 Å². The largest absolute Gasteiger partial charge is 0.396 e. The summed E-state index contributed by atoms with van der Waals surface area (Å²) in [5.41, 5.74) is 0. The number of hydrogen-bond acceptors (Lipinski definition) is 1.